The number of hydrogen-bond acceptors (Lipinski definition) is 2. The van der Waals surface area contributed by atoms with Gasteiger partial charge in [0.15, 0.2) is 0 Å². The molecule has 1 heterocycles. The van der Waals surface area contributed by atoms with Crippen LogP contribution in [0.1, 0.15) is 32.6 Å². The van der Waals surface area contributed by atoms with Crippen molar-refractivity contribution in [1.82, 2.24) is 0 Å². The third-order valence-corrected chi connectivity index (χ3v) is 3.23. The SMILES string of the molecule is CC1OC1CCC1CC1CCO. The van der Waals surface area contributed by atoms with Gasteiger partial charge in [0.05, 0.1) is 12.2 Å². The molecule has 0 amide bonds. The summed E-state index contributed by atoms with van der Waals surface area (Å²) in [7, 11) is 0. The van der Waals surface area contributed by atoms with E-state index in [1.165, 1.54) is 19.3 Å². The lowest BCUT2D eigenvalue weighted by Gasteiger charge is -1.95. The normalized spacial score (nSPS) is 44.5. The highest BCUT2D eigenvalue weighted by Crippen LogP contribution is 2.45. The summed E-state index contributed by atoms with van der Waals surface area (Å²) < 4.78 is 5.34. The van der Waals surface area contributed by atoms with E-state index in [4.69, 9.17) is 9.84 Å². The van der Waals surface area contributed by atoms with Crippen molar-refractivity contribution < 1.29 is 9.84 Å². The van der Waals surface area contributed by atoms with Gasteiger partial charge in [-0.1, -0.05) is 0 Å². The zero-order valence-electron chi connectivity index (χ0n) is 7.70. The van der Waals surface area contributed by atoms with E-state index in [9.17, 15) is 0 Å². The second-order valence-electron chi connectivity index (χ2n) is 4.23. The van der Waals surface area contributed by atoms with Gasteiger partial charge in [-0.2, -0.15) is 0 Å². The van der Waals surface area contributed by atoms with E-state index in [2.05, 4.69) is 6.92 Å². The van der Waals surface area contributed by atoms with Crippen LogP contribution in [-0.2, 0) is 4.74 Å². The highest BCUT2D eigenvalue weighted by molar-refractivity contribution is 4.89. The Morgan fingerprint density at radius 3 is 2.50 bits per heavy atom. The molecule has 1 saturated heterocycles. The number of ether oxygens (including phenoxy) is 1. The standard InChI is InChI=1S/C10H18O2/c1-7-10(12-7)3-2-8-6-9(8)4-5-11/h7-11H,2-6H2,1H3. The minimum absolute atomic E-state index is 0.373. The largest absolute Gasteiger partial charge is 0.396 e. The fraction of sp³-hybridized carbons (Fsp3) is 1.00. The fourth-order valence-corrected chi connectivity index (χ4v) is 2.09. The lowest BCUT2D eigenvalue weighted by atomic mass is 10.1. The summed E-state index contributed by atoms with van der Waals surface area (Å²) in [6.45, 7) is 2.51. The average Bonchev–Trinajstić information content (AvgIpc) is 2.88. The first-order valence-electron chi connectivity index (χ1n) is 5.07. The van der Waals surface area contributed by atoms with Crippen molar-refractivity contribution >= 4 is 0 Å². The molecule has 0 aromatic rings. The lowest BCUT2D eigenvalue weighted by Crippen LogP contribution is -1.93. The van der Waals surface area contributed by atoms with E-state index in [-0.39, 0.29) is 0 Å². The van der Waals surface area contributed by atoms with E-state index in [1.54, 1.807) is 0 Å². The van der Waals surface area contributed by atoms with Gasteiger partial charge in [-0.25, -0.2) is 0 Å². The van der Waals surface area contributed by atoms with Gasteiger partial charge in [0.2, 0.25) is 0 Å². The molecule has 1 N–H and O–H groups in total. The number of aliphatic hydroxyl groups excluding tert-OH is 1. The summed E-state index contributed by atoms with van der Waals surface area (Å²) in [6.07, 6.45) is 6.03. The van der Waals surface area contributed by atoms with Crippen LogP contribution in [0.4, 0.5) is 0 Å². The molecular formula is C10H18O2. The van der Waals surface area contributed by atoms with Gasteiger partial charge >= 0.3 is 0 Å². The summed E-state index contributed by atoms with van der Waals surface area (Å²) in [6, 6.07) is 0. The molecule has 2 rings (SSSR count). The number of rotatable bonds is 5. The van der Waals surface area contributed by atoms with Gasteiger partial charge in [0.25, 0.3) is 0 Å². The Bertz CT molecular complexity index is 158. The molecule has 0 radical (unpaired) electrons. The van der Waals surface area contributed by atoms with Crippen molar-refractivity contribution in [2.24, 2.45) is 11.8 Å². The van der Waals surface area contributed by atoms with Crippen LogP contribution in [0, 0.1) is 11.8 Å². The molecule has 2 fully saturated rings. The third kappa shape index (κ3) is 1.99. The lowest BCUT2D eigenvalue weighted by molar-refractivity contribution is 0.275. The minimum Gasteiger partial charge on any atom is -0.396 e. The summed E-state index contributed by atoms with van der Waals surface area (Å²) in [5.41, 5.74) is 0. The Balaban J connectivity index is 1.52. The van der Waals surface area contributed by atoms with Crippen LogP contribution >= 0.6 is 0 Å². The molecule has 12 heavy (non-hydrogen) atoms. The number of hydrogen-bond donors (Lipinski definition) is 1. The number of aliphatic hydroxyl groups is 1. The van der Waals surface area contributed by atoms with Crippen molar-refractivity contribution in [3.8, 4) is 0 Å². The van der Waals surface area contributed by atoms with Crippen molar-refractivity contribution in [2.45, 2.75) is 44.8 Å². The molecule has 4 atom stereocenters. The summed E-state index contributed by atoms with van der Waals surface area (Å²) >= 11 is 0. The first-order chi connectivity index (χ1) is 5.81. The summed E-state index contributed by atoms with van der Waals surface area (Å²) in [5, 5.41) is 8.70. The second kappa shape index (κ2) is 3.35. The molecular weight excluding hydrogens is 152 g/mol. The van der Waals surface area contributed by atoms with Crippen molar-refractivity contribution in [2.75, 3.05) is 6.61 Å². The van der Waals surface area contributed by atoms with Crippen LogP contribution in [0.25, 0.3) is 0 Å². The summed E-state index contributed by atoms with van der Waals surface area (Å²) in [5.74, 6) is 1.75. The Morgan fingerprint density at radius 2 is 1.92 bits per heavy atom. The predicted octanol–water partition coefficient (Wildman–Crippen LogP) is 1.57. The predicted molar refractivity (Wildman–Crippen MR) is 46.9 cm³/mol. The molecule has 70 valence electrons. The number of epoxide rings is 1. The van der Waals surface area contributed by atoms with Crippen molar-refractivity contribution in [1.29, 1.82) is 0 Å². The molecule has 4 unspecified atom stereocenters. The van der Waals surface area contributed by atoms with Crippen LogP contribution < -0.4 is 0 Å². The van der Waals surface area contributed by atoms with Crippen molar-refractivity contribution in [3.63, 3.8) is 0 Å². The van der Waals surface area contributed by atoms with E-state index in [0.29, 0.717) is 18.8 Å². The molecule has 0 aromatic heterocycles. The maximum absolute atomic E-state index is 8.70. The molecule has 1 aliphatic heterocycles. The fourth-order valence-electron chi connectivity index (χ4n) is 2.09. The smallest absolute Gasteiger partial charge is 0.0839 e. The monoisotopic (exact) mass is 170 g/mol. The topological polar surface area (TPSA) is 32.8 Å². The van der Waals surface area contributed by atoms with Crippen LogP contribution in [-0.4, -0.2) is 23.9 Å². The van der Waals surface area contributed by atoms with Gasteiger partial charge in [-0.15, -0.1) is 0 Å². The molecule has 2 aliphatic rings. The van der Waals surface area contributed by atoms with Gasteiger partial charge in [-0.3, -0.25) is 0 Å². The van der Waals surface area contributed by atoms with E-state index >= 15 is 0 Å². The molecule has 0 spiro atoms. The van der Waals surface area contributed by atoms with Crippen LogP contribution in [0.3, 0.4) is 0 Å². The molecule has 2 nitrogen and oxygen atoms in total. The zero-order chi connectivity index (χ0) is 8.55. The molecule has 2 heteroatoms. The Hall–Kier alpha value is -0.0800. The first kappa shape index (κ1) is 8.52. The maximum atomic E-state index is 8.70. The van der Waals surface area contributed by atoms with Gasteiger partial charge in [-0.05, 0) is 44.4 Å². The van der Waals surface area contributed by atoms with E-state index in [0.717, 1.165) is 18.3 Å². The third-order valence-electron chi connectivity index (χ3n) is 3.23. The highest BCUT2D eigenvalue weighted by atomic mass is 16.6. The van der Waals surface area contributed by atoms with Crippen LogP contribution in [0.15, 0.2) is 0 Å². The highest BCUT2D eigenvalue weighted by Gasteiger charge is 2.39. The molecule has 0 bridgehead atoms. The summed E-state index contributed by atoms with van der Waals surface area (Å²) in [4.78, 5) is 0. The van der Waals surface area contributed by atoms with Gasteiger partial charge in [0, 0.05) is 6.61 Å². The average molecular weight is 170 g/mol. The molecule has 1 aliphatic carbocycles. The maximum Gasteiger partial charge on any atom is 0.0839 e. The van der Waals surface area contributed by atoms with Crippen molar-refractivity contribution in [3.05, 3.63) is 0 Å². The Kier molecular flexibility index (Phi) is 2.37. The molecule has 1 saturated carbocycles. The Morgan fingerprint density at radius 1 is 1.25 bits per heavy atom. The van der Waals surface area contributed by atoms with E-state index < -0.39 is 0 Å². The first-order valence-corrected chi connectivity index (χ1v) is 5.07. The second-order valence-corrected chi connectivity index (χ2v) is 4.23. The van der Waals surface area contributed by atoms with Gasteiger partial charge in [0.1, 0.15) is 0 Å². The Labute approximate surface area is 73.9 Å². The zero-order valence-corrected chi connectivity index (χ0v) is 7.70. The minimum atomic E-state index is 0.373. The quantitative estimate of drug-likeness (QED) is 0.635. The van der Waals surface area contributed by atoms with Gasteiger partial charge < -0.3 is 9.84 Å². The van der Waals surface area contributed by atoms with Crippen LogP contribution in [0.2, 0.25) is 0 Å². The molecule has 0 aromatic carbocycles. The van der Waals surface area contributed by atoms with E-state index in [1.807, 2.05) is 0 Å². The van der Waals surface area contributed by atoms with Crippen LogP contribution in [0.5, 0.6) is 0 Å².